The number of unbranched alkanes of at least 4 members (excludes halogenated alkanes) is 3. The van der Waals surface area contributed by atoms with Crippen molar-refractivity contribution >= 4 is 11.9 Å². The maximum Gasteiger partial charge on any atom is 0.419 e. The van der Waals surface area contributed by atoms with Gasteiger partial charge in [-0.3, -0.25) is 9.59 Å². The summed E-state index contributed by atoms with van der Waals surface area (Å²) in [7, 11) is 0. The highest BCUT2D eigenvalue weighted by Crippen LogP contribution is 2.35. The van der Waals surface area contributed by atoms with E-state index in [0.717, 1.165) is 31.4 Å². The average molecular weight is 378 g/mol. The van der Waals surface area contributed by atoms with E-state index in [1.165, 1.54) is 13.8 Å². The zero-order chi connectivity index (χ0) is 20.0. The third-order valence-electron chi connectivity index (χ3n) is 3.72. The van der Waals surface area contributed by atoms with Crippen LogP contribution in [0.15, 0.2) is 18.2 Å². The number of halogens is 4. The lowest BCUT2D eigenvalue weighted by Gasteiger charge is -2.21. The van der Waals surface area contributed by atoms with Crippen LogP contribution < -0.4 is 4.74 Å². The average Bonchev–Trinajstić information content (AvgIpc) is 2.55. The van der Waals surface area contributed by atoms with Crippen molar-refractivity contribution in [1.82, 2.24) is 0 Å². The van der Waals surface area contributed by atoms with E-state index >= 15 is 0 Å². The fourth-order valence-corrected chi connectivity index (χ4v) is 1.99. The molecule has 146 valence electrons. The predicted octanol–water partition coefficient (Wildman–Crippen LogP) is 4.90. The Hall–Kier alpha value is -2.12. The lowest BCUT2D eigenvalue weighted by atomic mass is 9.94. The molecule has 0 saturated heterocycles. The van der Waals surface area contributed by atoms with Gasteiger partial charge in [-0.2, -0.15) is 13.2 Å². The molecule has 0 N–H and O–H groups in total. The topological polar surface area (TPSA) is 52.6 Å². The summed E-state index contributed by atoms with van der Waals surface area (Å²) >= 11 is 0. The van der Waals surface area contributed by atoms with E-state index in [2.05, 4.69) is 0 Å². The summed E-state index contributed by atoms with van der Waals surface area (Å²) in [6.45, 7) is 4.55. The monoisotopic (exact) mass is 378 g/mol. The third kappa shape index (κ3) is 5.71. The lowest BCUT2D eigenvalue weighted by Crippen LogP contribution is -2.38. The summed E-state index contributed by atoms with van der Waals surface area (Å²) < 4.78 is 61.7. The summed E-state index contributed by atoms with van der Waals surface area (Å²) in [4.78, 5) is 24.2. The molecule has 0 radical (unpaired) electrons. The first-order valence-electron chi connectivity index (χ1n) is 8.27. The molecule has 8 heteroatoms. The maximum atomic E-state index is 13.9. The molecule has 0 aliphatic rings. The molecular formula is C18H22F4O4. The maximum absolute atomic E-state index is 13.9. The van der Waals surface area contributed by atoms with Gasteiger partial charge in [0.15, 0.2) is 17.0 Å². The number of ether oxygens (including phenoxy) is 2. The number of esters is 2. The molecule has 0 spiro atoms. The molecule has 0 unspecified atom stereocenters. The molecule has 0 amide bonds. The van der Waals surface area contributed by atoms with Crippen LogP contribution in [0, 0.1) is 11.2 Å². The Labute approximate surface area is 149 Å². The molecule has 0 aliphatic carbocycles. The molecule has 4 nitrogen and oxygen atoms in total. The van der Waals surface area contributed by atoms with Crippen molar-refractivity contribution in [2.45, 2.75) is 52.6 Å². The Kier molecular flexibility index (Phi) is 7.59. The summed E-state index contributed by atoms with van der Waals surface area (Å²) in [5.74, 6) is -4.69. The van der Waals surface area contributed by atoms with Gasteiger partial charge in [0.25, 0.3) is 0 Å². The Bertz CT molecular complexity index is 639. The fraction of sp³-hybridized carbons (Fsp3) is 0.556. The van der Waals surface area contributed by atoms with Crippen molar-refractivity contribution in [3.05, 3.63) is 29.6 Å². The van der Waals surface area contributed by atoms with Crippen LogP contribution in [0.1, 0.15) is 52.0 Å². The number of hydrogen-bond donors (Lipinski definition) is 0. The van der Waals surface area contributed by atoms with E-state index in [-0.39, 0.29) is 6.61 Å². The van der Waals surface area contributed by atoms with Gasteiger partial charge in [-0.25, -0.2) is 4.39 Å². The van der Waals surface area contributed by atoms with Crippen LogP contribution in [0.2, 0.25) is 0 Å². The van der Waals surface area contributed by atoms with Crippen LogP contribution in [-0.4, -0.2) is 18.5 Å². The molecule has 1 aromatic rings. The van der Waals surface area contributed by atoms with Gasteiger partial charge in [0.05, 0.1) is 12.2 Å². The summed E-state index contributed by atoms with van der Waals surface area (Å²) in [6.07, 6.45) is -1.44. The van der Waals surface area contributed by atoms with E-state index in [9.17, 15) is 27.2 Å². The highest BCUT2D eigenvalue weighted by atomic mass is 19.4. The van der Waals surface area contributed by atoms with Gasteiger partial charge in [0.2, 0.25) is 0 Å². The number of carbonyl (C=O) groups is 2. The van der Waals surface area contributed by atoms with Crippen LogP contribution >= 0.6 is 0 Å². The second-order valence-electron chi connectivity index (χ2n) is 6.33. The van der Waals surface area contributed by atoms with Crippen LogP contribution in [0.4, 0.5) is 17.6 Å². The molecule has 0 saturated carbocycles. The highest BCUT2D eigenvalue weighted by Gasteiger charge is 2.41. The summed E-state index contributed by atoms with van der Waals surface area (Å²) in [6, 6.07) is 2.32. The van der Waals surface area contributed by atoms with Crippen molar-refractivity contribution < 1.29 is 36.6 Å². The van der Waals surface area contributed by atoms with Crippen LogP contribution in [-0.2, 0) is 20.5 Å². The smallest absolute Gasteiger partial charge is 0.419 e. The Balaban J connectivity index is 2.78. The molecular weight excluding hydrogens is 356 g/mol. The minimum atomic E-state index is -4.93. The van der Waals surface area contributed by atoms with E-state index in [1.54, 1.807) is 0 Å². The zero-order valence-electron chi connectivity index (χ0n) is 14.9. The van der Waals surface area contributed by atoms with Gasteiger partial charge in [0.1, 0.15) is 0 Å². The molecule has 0 atom stereocenters. The molecule has 26 heavy (non-hydrogen) atoms. The van der Waals surface area contributed by atoms with Crippen LogP contribution in [0.25, 0.3) is 0 Å². The first-order valence-corrected chi connectivity index (χ1v) is 8.27. The van der Waals surface area contributed by atoms with Crippen LogP contribution in [0.5, 0.6) is 5.75 Å². The first kappa shape index (κ1) is 21.9. The molecule has 0 fully saturated rings. The van der Waals surface area contributed by atoms with Crippen molar-refractivity contribution in [2.75, 3.05) is 6.61 Å². The normalized spacial score (nSPS) is 12.0. The predicted molar refractivity (Wildman–Crippen MR) is 85.9 cm³/mol. The molecule has 1 aromatic carbocycles. The first-order chi connectivity index (χ1) is 12.0. The molecule has 0 aliphatic heterocycles. The summed E-state index contributed by atoms with van der Waals surface area (Å²) in [5, 5.41) is 0. The SMILES string of the molecule is CCCCCCOC(=O)C(C)(C)C(=O)Oc1cccc(C(F)(F)F)c1F. The van der Waals surface area contributed by atoms with E-state index in [1.807, 2.05) is 6.92 Å². The lowest BCUT2D eigenvalue weighted by molar-refractivity contribution is -0.165. The van der Waals surface area contributed by atoms with Crippen molar-refractivity contribution in [2.24, 2.45) is 5.41 Å². The number of benzene rings is 1. The van der Waals surface area contributed by atoms with E-state index in [4.69, 9.17) is 9.47 Å². The Morgan fingerprint density at radius 1 is 1.04 bits per heavy atom. The standard InChI is InChI=1S/C18H22F4O4/c1-4-5-6-7-11-25-15(23)17(2,3)16(24)26-13-10-8-9-12(14(13)19)18(20,21)22/h8-10H,4-7,11H2,1-3H3. The van der Waals surface area contributed by atoms with Gasteiger partial charge < -0.3 is 9.47 Å². The number of rotatable bonds is 8. The van der Waals surface area contributed by atoms with Gasteiger partial charge >= 0.3 is 18.1 Å². The van der Waals surface area contributed by atoms with Crippen molar-refractivity contribution in [3.8, 4) is 5.75 Å². The Morgan fingerprint density at radius 2 is 1.69 bits per heavy atom. The second kappa shape index (κ2) is 9.00. The summed E-state index contributed by atoms with van der Waals surface area (Å²) in [5.41, 5.74) is -3.34. The van der Waals surface area contributed by atoms with E-state index in [0.29, 0.717) is 12.5 Å². The van der Waals surface area contributed by atoms with Gasteiger partial charge in [-0.15, -0.1) is 0 Å². The quantitative estimate of drug-likeness (QED) is 0.212. The Morgan fingerprint density at radius 3 is 2.27 bits per heavy atom. The molecule has 0 bridgehead atoms. The molecule has 0 aromatic heterocycles. The second-order valence-corrected chi connectivity index (χ2v) is 6.33. The fourth-order valence-electron chi connectivity index (χ4n) is 1.99. The number of carbonyl (C=O) groups excluding carboxylic acids is 2. The number of hydrogen-bond acceptors (Lipinski definition) is 4. The van der Waals surface area contributed by atoms with Crippen molar-refractivity contribution in [3.63, 3.8) is 0 Å². The third-order valence-corrected chi connectivity index (χ3v) is 3.72. The van der Waals surface area contributed by atoms with E-state index < -0.39 is 40.7 Å². The van der Waals surface area contributed by atoms with Gasteiger partial charge in [-0.1, -0.05) is 32.3 Å². The molecule has 1 rings (SSSR count). The molecule has 0 heterocycles. The number of alkyl halides is 3. The van der Waals surface area contributed by atoms with Crippen LogP contribution in [0.3, 0.4) is 0 Å². The zero-order valence-corrected chi connectivity index (χ0v) is 14.9. The minimum Gasteiger partial charge on any atom is -0.465 e. The minimum absolute atomic E-state index is 0.119. The van der Waals surface area contributed by atoms with Gasteiger partial charge in [-0.05, 0) is 32.4 Å². The van der Waals surface area contributed by atoms with Gasteiger partial charge in [0, 0.05) is 0 Å². The van der Waals surface area contributed by atoms with Crippen molar-refractivity contribution in [1.29, 1.82) is 0 Å². The highest BCUT2D eigenvalue weighted by molar-refractivity contribution is 5.99. The largest absolute Gasteiger partial charge is 0.465 e.